The van der Waals surface area contributed by atoms with Crippen LogP contribution >= 0.6 is 0 Å². The van der Waals surface area contributed by atoms with Crippen molar-refractivity contribution in [3.05, 3.63) is 77.9 Å². The minimum Gasteiger partial charge on any atom is -0.493 e. The standard InChI is InChI=1S/C24H21N3O4/c1-29-20-12-15(13-21(30-2)23(20)31-3)22(28)17(14-16-8-6-7-11-25-16)24-26-18-9-4-5-10-19(18)27-24/h4-14H,1-3H3,(H,26,27)/b17-14+. The first-order chi connectivity index (χ1) is 15.1. The largest absolute Gasteiger partial charge is 0.493 e. The van der Waals surface area contributed by atoms with Crippen LogP contribution in [0, 0.1) is 0 Å². The molecule has 0 bridgehead atoms. The number of carbonyl (C=O) groups is 1. The first kappa shape index (κ1) is 20.2. The lowest BCUT2D eigenvalue weighted by Gasteiger charge is -2.14. The van der Waals surface area contributed by atoms with Crippen LogP contribution in [0.5, 0.6) is 17.2 Å². The highest BCUT2D eigenvalue weighted by Gasteiger charge is 2.22. The Morgan fingerprint density at radius 3 is 2.26 bits per heavy atom. The zero-order valence-electron chi connectivity index (χ0n) is 17.4. The quantitative estimate of drug-likeness (QED) is 0.355. The Bertz CT molecular complexity index is 1200. The van der Waals surface area contributed by atoms with Crippen LogP contribution in [0.15, 0.2) is 60.8 Å². The van der Waals surface area contributed by atoms with Crippen LogP contribution in [0.25, 0.3) is 22.7 Å². The van der Waals surface area contributed by atoms with E-state index in [0.29, 0.717) is 39.9 Å². The second-order valence-electron chi connectivity index (χ2n) is 6.66. The zero-order chi connectivity index (χ0) is 21.8. The van der Waals surface area contributed by atoms with Gasteiger partial charge in [0.1, 0.15) is 5.82 Å². The summed E-state index contributed by atoms with van der Waals surface area (Å²) in [6.45, 7) is 0. The van der Waals surface area contributed by atoms with Gasteiger partial charge in [0.25, 0.3) is 0 Å². The second-order valence-corrected chi connectivity index (χ2v) is 6.66. The molecule has 156 valence electrons. The van der Waals surface area contributed by atoms with Gasteiger partial charge in [0.05, 0.1) is 43.6 Å². The van der Waals surface area contributed by atoms with E-state index in [2.05, 4.69) is 15.0 Å². The van der Waals surface area contributed by atoms with Crippen molar-refractivity contribution in [3.63, 3.8) is 0 Å². The van der Waals surface area contributed by atoms with E-state index < -0.39 is 0 Å². The van der Waals surface area contributed by atoms with Gasteiger partial charge in [-0.05, 0) is 42.5 Å². The highest BCUT2D eigenvalue weighted by molar-refractivity contribution is 6.32. The summed E-state index contributed by atoms with van der Waals surface area (Å²) in [4.78, 5) is 25.8. The van der Waals surface area contributed by atoms with E-state index in [1.165, 1.54) is 21.3 Å². The lowest BCUT2D eigenvalue weighted by Crippen LogP contribution is -2.06. The molecule has 1 N–H and O–H groups in total. The summed E-state index contributed by atoms with van der Waals surface area (Å²) < 4.78 is 16.2. The van der Waals surface area contributed by atoms with Crippen LogP contribution in [0.2, 0.25) is 0 Å². The van der Waals surface area contributed by atoms with E-state index in [-0.39, 0.29) is 5.78 Å². The smallest absolute Gasteiger partial charge is 0.203 e. The van der Waals surface area contributed by atoms with Crippen molar-refractivity contribution >= 4 is 28.5 Å². The molecule has 2 aromatic carbocycles. The molecule has 2 heterocycles. The van der Waals surface area contributed by atoms with Gasteiger partial charge in [0.15, 0.2) is 17.3 Å². The number of nitrogens with one attached hydrogen (secondary N) is 1. The van der Waals surface area contributed by atoms with Gasteiger partial charge in [0.2, 0.25) is 5.75 Å². The Kier molecular flexibility index (Phi) is 5.66. The molecule has 4 rings (SSSR count). The second kappa shape index (κ2) is 8.71. The van der Waals surface area contributed by atoms with Crippen LogP contribution in [0.3, 0.4) is 0 Å². The molecule has 0 unspecified atom stereocenters. The maximum absolute atomic E-state index is 13.7. The molecule has 4 aromatic rings. The Morgan fingerprint density at radius 2 is 1.65 bits per heavy atom. The molecular formula is C24H21N3O4. The van der Waals surface area contributed by atoms with Gasteiger partial charge in [-0.3, -0.25) is 9.78 Å². The third-order valence-electron chi connectivity index (χ3n) is 4.80. The van der Waals surface area contributed by atoms with Crippen molar-refractivity contribution < 1.29 is 19.0 Å². The Labute approximate surface area is 179 Å². The fraction of sp³-hybridized carbons (Fsp3) is 0.125. The fourth-order valence-electron chi connectivity index (χ4n) is 3.30. The molecule has 0 radical (unpaired) electrons. The minimum absolute atomic E-state index is 0.260. The highest BCUT2D eigenvalue weighted by atomic mass is 16.5. The van der Waals surface area contributed by atoms with E-state index in [1.54, 1.807) is 24.4 Å². The number of Topliss-reactive ketones (excluding diaryl/α,β-unsaturated/α-hetero) is 1. The average molecular weight is 415 g/mol. The number of fused-ring (bicyclic) bond motifs is 1. The van der Waals surface area contributed by atoms with Gasteiger partial charge in [0, 0.05) is 11.8 Å². The minimum atomic E-state index is -0.260. The Balaban J connectivity index is 1.88. The molecule has 0 aliphatic heterocycles. The number of H-pyrrole nitrogens is 1. The topological polar surface area (TPSA) is 86.3 Å². The van der Waals surface area contributed by atoms with Crippen molar-refractivity contribution in [3.8, 4) is 17.2 Å². The van der Waals surface area contributed by atoms with Crippen LogP contribution in [0.4, 0.5) is 0 Å². The third-order valence-corrected chi connectivity index (χ3v) is 4.80. The van der Waals surface area contributed by atoms with E-state index in [0.717, 1.165) is 11.0 Å². The van der Waals surface area contributed by atoms with Crippen molar-refractivity contribution in [2.24, 2.45) is 0 Å². The van der Waals surface area contributed by atoms with Gasteiger partial charge >= 0.3 is 0 Å². The number of rotatable bonds is 7. The van der Waals surface area contributed by atoms with E-state index in [1.807, 2.05) is 42.5 Å². The average Bonchev–Trinajstić information content (AvgIpc) is 3.25. The SMILES string of the molecule is COc1cc(C(=O)/C(=C\c2ccccn2)c2nc3ccccc3[nH]2)cc(OC)c1OC. The number of hydrogen-bond acceptors (Lipinski definition) is 6. The predicted octanol–water partition coefficient (Wildman–Crippen LogP) is 4.41. The summed E-state index contributed by atoms with van der Waals surface area (Å²) >= 11 is 0. The molecule has 0 aliphatic rings. The summed E-state index contributed by atoms with van der Waals surface area (Å²) in [6, 6.07) is 16.4. The monoisotopic (exact) mass is 415 g/mol. The molecule has 0 atom stereocenters. The first-order valence-corrected chi connectivity index (χ1v) is 9.57. The molecule has 0 saturated carbocycles. The van der Waals surface area contributed by atoms with Gasteiger partial charge < -0.3 is 19.2 Å². The number of benzene rings is 2. The summed E-state index contributed by atoms with van der Waals surface area (Å²) in [5, 5.41) is 0. The number of aromatic amines is 1. The van der Waals surface area contributed by atoms with E-state index >= 15 is 0 Å². The van der Waals surface area contributed by atoms with Gasteiger partial charge in [-0.1, -0.05) is 18.2 Å². The van der Waals surface area contributed by atoms with Gasteiger partial charge in [-0.15, -0.1) is 0 Å². The van der Waals surface area contributed by atoms with Crippen LogP contribution in [0.1, 0.15) is 21.9 Å². The van der Waals surface area contributed by atoms with Crippen molar-refractivity contribution in [2.75, 3.05) is 21.3 Å². The van der Waals surface area contributed by atoms with Crippen molar-refractivity contribution in [2.45, 2.75) is 0 Å². The third kappa shape index (κ3) is 3.98. The first-order valence-electron chi connectivity index (χ1n) is 9.57. The molecule has 0 saturated heterocycles. The molecular weight excluding hydrogens is 394 g/mol. The number of pyridine rings is 1. The number of para-hydroxylation sites is 2. The number of allylic oxidation sites excluding steroid dienone is 1. The highest BCUT2D eigenvalue weighted by Crippen LogP contribution is 2.39. The van der Waals surface area contributed by atoms with Crippen LogP contribution < -0.4 is 14.2 Å². The molecule has 0 aliphatic carbocycles. The number of methoxy groups -OCH3 is 3. The number of hydrogen-bond donors (Lipinski definition) is 1. The molecule has 31 heavy (non-hydrogen) atoms. The molecule has 7 heteroatoms. The molecule has 0 spiro atoms. The molecule has 2 aromatic heterocycles. The van der Waals surface area contributed by atoms with Crippen molar-refractivity contribution in [1.82, 2.24) is 15.0 Å². The lowest BCUT2D eigenvalue weighted by atomic mass is 10.0. The van der Waals surface area contributed by atoms with Gasteiger partial charge in [-0.25, -0.2) is 4.98 Å². The maximum atomic E-state index is 13.7. The van der Waals surface area contributed by atoms with Gasteiger partial charge in [-0.2, -0.15) is 0 Å². The van der Waals surface area contributed by atoms with E-state index in [9.17, 15) is 4.79 Å². The lowest BCUT2D eigenvalue weighted by molar-refractivity contribution is 0.105. The number of aromatic nitrogens is 3. The summed E-state index contributed by atoms with van der Waals surface area (Å²) in [7, 11) is 4.54. The normalized spacial score (nSPS) is 11.4. The number of ketones is 1. The number of imidazole rings is 1. The number of nitrogens with zero attached hydrogens (tertiary/aromatic N) is 2. The molecule has 0 amide bonds. The molecule has 0 fully saturated rings. The fourth-order valence-corrected chi connectivity index (χ4v) is 3.30. The summed E-state index contributed by atoms with van der Waals surface area (Å²) in [5.74, 6) is 1.40. The Hall–Kier alpha value is -4.13. The summed E-state index contributed by atoms with van der Waals surface area (Å²) in [5.41, 5.74) is 2.98. The number of ether oxygens (including phenoxy) is 3. The Morgan fingerprint density at radius 1 is 0.935 bits per heavy atom. The van der Waals surface area contributed by atoms with E-state index in [4.69, 9.17) is 14.2 Å². The zero-order valence-corrected chi connectivity index (χ0v) is 17.4. The maximum Gasteiger partial charge on any atom is 0.203 e. The molecule has 7 nitrogen and oxygen atoms in total. The van der Waals surface area contributed by atoms with Crippen LogP contribution in [-0.2, 0) is 0 Å². The predicted molar refractivity (Wildman–Crippen MR) is 119 cm³/mol. The van der Waals surface area contributed by atoms with Crippen LogP contribution in [-0.4, -0.2) is 42.1 Å². The van der Waals surface area contributed by atoms with Crippen molar-refractivity contribution in [1.29, 1.82) is 0 Å². The number of carbonyl (C=O) groups excluding carboxylic acids is 1. The summed E-state index contributed by atoms with van der Waals surface area (Å²) in [6.07, 6.45) is 3.38.